The zero-order valence-corrected chi connectivity index (χ0v) is 13.1. The number of thioether (sulfide) groups is 1. The number of hydrogen-bond acceptors (Lipinski definition) is 5. The first kappa shape index (κ1) is 14.3. The molecule has 100 valence electrons. The van der Waals surface area contributed by atoms with Crippen LogP contribution in [0.3, 0.4) is 0 Å². The van der Waals surface area contributed by atoms with Gasteiger partial charge in [0.1, 0.15) is 9.75 Å². The van der Waals surface area contributed by atoms with Crippen molar-refractivity contribution in [2.75, 3.05) is 11.5 Å². The van der Waals surface area contributed by atoms with Gasteiger partial charge in [0.25, 0.3) is 10.0 Å². The fourth-order valence-corrected chi connectivity index (χ4v) is 6.78. The van der Waals surface area contributed by atoms with Crippen molar-refractivity contribution in [1.29, 1.82) is 0 Å². The van der Waals surface area contributed by atoms with E-state index in [9.17, 15) is 18.3 Å². The summed E-state index contributed by atoms with van der Waals surface area (Å²) in [6.45, 7) is 0. The number of carboxylic acid groups (broad SMARTS) is 1. The molecular weight excluding hydrogens is 362 g/mol. The molecule has 1 aliphatic heterocycles. The van der Waals surface area contributed by atoms with Crippen LogP contribution in [0.1, 0.15) is 6.42 Å². The summed E-state index contributed by atoms with van der Waals surface area (Å²) < 4.78 is 27.3. The lowest BCUT2D eigenvalue weighted by atomic mass is 10.0. The van der Waals surface area contributed by atoms with Gasteiger partial charge in [-0.3, -0.25) is 4.79 Å². The van der Waals surface area contributed by atoms with Gasteiger partial charge in [-0.2, -0.15) is 16.5 Å². The maximum atomic E-state index is 12.2. The predicted molar refractivity (Wildman–Crippen MR) is 74.6 cm³/mol. The highest BCUT2D eigenvalue weighted by Gasteiger charge is 2.45. The van der Waals surface area contributed by atoms with E-state index in [4.69, 9.17) is 0 Å². The largest absolute Gasteiger partial charge is 0.480 e. The van der Waals surface area contributed by atoms with Crippen molar-refractivity contribution in [3.63, 3.8) is 0 Å². The summed E-state index contributed by atoms with van der Waals surface area (Å²) in [5, 5.41) is 10.9. The van der Waals surface area contributed by atoms with E-state index in [1.54, 1.807) is 11.4 Å². The van der Waals surface area contributed by atoms with Crippen LogP contribution < -0.4 is 4.72 Å². The molecule has 1 aromatic heterocycles. The first-order valence-corrected chi connectivity index (χ1v) is 9.27. The number of halogens is 1. The average molecular weight is 372 g/mol. The van der Waals surface area contributed by atoms with Gasteiger partial charge >= 0.3 is 5.97 Å². The van der Waals surface area contributed by atoms with Crippen molar-refractivity contribution in [3.8, 4) is 0 Å². The fourth-order valence-electron chi connectivity index (χ4n) is 1.63. The van der Waals surface area contributed by atoms with Crippen LogP contribution in [0.15, 0.2) is 20.1 Å². The highest BCUT2D eigenvalue weighted by atomic mass is 79.9. The Morgan fingerprint density at radius 1 is 1.56 bits per heavy atom. The van der Waals surface area contributed by atoms with Crippen molar-refractivity contribution in [3.05, 3.63) is 15.9 Å². The lowest BCUT2D eigenvalue weighted by Crippen LogP contribution is -2.54. The number of sulfonamides is 1. The normalized spacial score (nSPS) is 24.3. The molecule has 0 amide bonds. The molecule has 9 heteroatoms. The maximum absolute atomic E-state index is 12.2. The molecule has 0 bridgehead atoms. The summed E-state index contributed by atoms with van der Waals surface area (Å²) in [5.41, 5.74) is -1.38. The van der Waals surface area contributed by atoms with E-state index in [1.807, 2.05) is 0 Å². The zero-order valence-electron chi connectivity index (χ0n) is 9.05. The second-order valence-electron chi connectivity index (χ2n) is 3.85. The molecule has 1 aliphatic rings. The van der Waals surface area contributed by atoms with E-state index < -0.39 is 21.5 Å². The monoisotopic (exact) mass is 371 g/mol. The first-order chi connectivity index (χ1) is 8.37. The molecule has 2 heterocycles. The highest BCUT2D eigenvalue weighted by Crippen LogP contribution is 2.33. The number of carboxylic acids is 1. The Morgan fingerprint density at radius 2 is 2.28 bits per heavy atom. The van der Waals surface area contributed by atoms with E-state index in [2.05, 4.69) is 20.7 Å². The average Bonchev–Trinajstić information content (AvgIpc) is 2.87. The Labute approximate surface area is 121 Å². The summed E-state index contributed by atoms with van der Waals surface area (Å²) in [5.74, 6) is -0.228. The second kappa shape index (κ2) is 5.12. The molecule has 1 unspecified atom stereocenters. The standard InChI is InChI=1S/C9H10BrNO4S3/c10-6-1-3-17-7(6)18(14,15)11-9(8(12)13)2-4-16-5-9/h1,3,11H,2,4-5H2,(H,12,13). The summed E-state index contributed by atoms with van der Waals surface area (Å²) in [4.78, 5) is 11.3. The minimum Gasteiger partial charge on any atom is -0.480 e. The molecule has 0 saturated carbocycles. The van der Waals surface area contributed by atoms with Crippen molar-refractivity contribution in [1.82, 2.24) is 4.72 Å². The van der Waals surface area contributed by atoms with Crippen LogP contribution >= 0.6 is 39.0 Å². The fraction of sp³-hybridized carbons (Fsp3) is 0.444. The van der Waals surface area contributed by atoms with Gasteiger partial charge in [0.15, 0.2) is 0 Å². The molecule has 1 atom stereocenters. The van der Waals surface area contributed by atoms with Crippen molar-refractivity contribution in [2.45, 2.75) is 16.2 Å². The molecule has 1 aromatic rings. The molecule has 0 aromatic carbocycles. The molecule has 2 rings (SSSR count). The minimum absolute atomic E-state index is 0.111. The SMILES string of the molecule is O=C(O)C1(NS(=O)(=O)c2sccc2Br)CCSC1. The van der Waals surface area contributed by atoms with E-state index >= 15 is 0 Å². The molecular formula is C9H10BrNO4S3. The number of hydrogen-bond donors (Lipinski definition) is 2. The Hall–Kier alpha value is -0.0900. The number of nitrogens with one attached hydrogen (secondary N) is 1. The van der Waals surface area contributed by atoms with Crippen LogP contribution in [0.25, 0.3) is 0 Å². The third-order valence-electron chi connectivity index (χ3n) is 2.59. The van der Waals surface area contributed by atoms with Gasteiger partial charge < -0.3 is 5.11 Å². The van der Waals surface area contributed by atoms with Crippen LogP contribution in [-0.4, -0.2) is 36.5 Å². The number of rotatable bonds is 4. The molecule has 5 nitrogen and oxygen atoms in total. The lowest BCUT2D eigenvalue weighted by Gasteiger charge is -2.23. The third kappa shape index (κ3) is 2.60. The predicted octanol–water partition coefficient (Wildman–Crippen LogP) is 1.75. The first-order valence-electron chi connectivity index (χ1n) is 4.95. The summed E-state index contributed by atoms with van der Waals surface area (Å²) in [7, 11) is -3.81. The number of carbonyl (C=O) groups is 1. The highest BCUT2D eigenvalue weighted by molar-refractivity contribution is 9.10. The van der Waals surface area contributed by atoms with Crippen molar-refractivity contribution < 1.29 is 18.3 Å². The number of thiophene rings is 1. The van der Waals surface area contributed by atoms with Gasteiger partial charge in [0.05, 0.1) is 0 Å². The van der Waals surface area contributed by atoms with Gasteiger partial charge in [-0.1, -0.05) is 0 Å². The number of aliphatic carboxylic acids is 1. The Bertz CT molecular complexity index is 562. The van der Waals surface area contributed by atoms with Gasteiger partial charge in [0.2, 0.25) is 0 Å². The summed E-state index contributed by atoms with van der Waals surface area (Å²) >= 11 is 5.63. The van der Waals surface area contributed by atoms with Crippen LogP contribution in [-0.2, 0) is 14.8 Å². The van der Waals surface area contributed by atoms with Crippen molar-refractivity contribution >= 4 is 55.0 Å². The van der Waals surface area contributed by atoms with E-state index in [0.717, 1.165) is 11.3 Å². The Morgan fingerprint density at radius 3 is 2.72 bits per heavy atom. The topological polar surface area (TPSA) is 83.5 Å². The van der Waals surface area contributed by atoms with E-state index in [0.29, 0.717) is 16.6 Å². The van der Waals surface area contributed by atoms with Crippen LogP contribution in [0.2, 0.25) is 0 Å². The molecule has 0 radical (unpaired) electrons. The van der Waals surface area contributed by atoms with Gasteiger partial charge in [0, 0.05) is 10.2 Å². The quantitative estimate of drug-likeness (QED) is 0.842. The maximum Gasteiger partial charge on any atom is 0.325 e. The van der Waals surface area contributed by atoms with Crippen LogP contribution in [0, 0.1) is 0 Å². The second-order valence-corrected chi connectivity index (χ2v) is 8.60. The molecule has 1 saturated heterocycles. The smallest absolute Gasteiger partial charge is 0.325 e. The van der Waals surface area contributed by atoms with E-state index in [1.165, 1.54) is 11.8 Å². The molecule has 0 spiro atoms. The third-order valence-corrected chi connectivity index (χ3v) is 7.99. The zero-order chi connectivity index (χ0) is 13.4. The van der Waals surface area contributed by atoms with Crippen molar-refractivity contribution in [2.24, 2.45) is 0 Å². The molecule has 2 N–H and O–H groups in total. The molecule has 18 heavy (non-hydrogen) atoms. The summed E-state index contributed by atoms with van der Waals surface area (Å²) in [6.07, 6.45) is 0.301. The Kier molecular flexibility index (Phi) is 4.07. The van der Waals surface area contributed by atoms with Gasteiger partial charge in [-0.15, -0.1) is 11.3 Å². The molecule has 1 fully saturated rings. The lowest BCUT2D eigenvalue weighted by molar-refractivity contribution is -0.142. The van der Waals surface area contributed by atoms with Crippen LogP contribution in [0.5, 0.6) is 0 Å². The summed E-state index contributed by atoms with van der Waals surface area (Å²) in [6, 6.07) is 1.62. The van der Waals surface area contributed by atoms with Gasteiger partial charge in [-0.05, 0) is 39.6 Å². The molecule has 0 aliphatic carbocycles. The Balaban J connectivity index is 2.33. The van der Waals surface area contributed by atoms with Gasteiger partial charge in [-0.25, -0.2) is 8.42 Å². The van der Waals surface area contributed by atoms with E-state index in [-0.39, 0.29) is 9.96 Å². The minimum atomic E-state index is -3.81. The van der Waals surface area contributed by atoms with Crippen LogP contribution in [0.4, 0.5) is 0 Å².